The molecule has 0 atom stereocenters. The van der Waals surface area contributed by atoms with Crippen LogP contribution in [0.1, 0.15) is 42.4 Å². The van der Waals surface area contributed by atoms with Crippen LogP contribution < -0.4 is 15.4 Å². The van der Waals surface area contributed by atoms with Gasteiger partial charge in [-0.3, -0.25) is 4.79 Å². The fourth-order valence-corrected chi connectivity index (χ4v) is 3.47. The van der Waals surface area contributed by atoms with Crippen molar-refractivity contribution in [2.45, 2.75) is 45.8 Å². The lowest BCUT2D eigenvalue weighted by molar-refractivity contribution is -0.121. The number of halogens is 1. The van der Waals surface area contributed by atoms with Crippen LogP contribution in [0.3, 0.4) is 0 Å². The molecule has 0 unspecified atom stereocenters. The summed E-state index contributed by atoms with van der Waals surface area (Å²) in [6.45, 7) is 5.39. The number of hydrogen-bond donors (Lipinski definition) is 2. The fourth-order valence-electron chi connectivity index (χ4n) is 3.47. The third kappa shape index (κ3) is 7.53. The van der Waals surface area contributed by atoms with Crippen molar-refractivity contribution in [1.29, 1.82) is 0 Å². The van der Waals surface area contributed by atoms with Crippen molar-refractivity contribution in [3.8, 4) is 5.75 Å². The summed E-state index contributed by atoms with van der Waals surface area (Å²) in [5.74, 6) is 1.69. The predicted octanol–water partition coefficient (Wildman–Crippen LogP) is 4.39. The largest absolute Gasteiger partial charge is 0.489 e. The van der Waals surface area contributed by atoms with Crippen molar-refractivity contribution in [1.82, 2.24) is 10.6 Å². The Morgan fingerprint density at radius 1 is 1.11 bits per heavy atom. The van der Waals surface area contributed by atoms with Crippen molar-refractivity contribution in [3.05, 3.63) is 65.2 Å². The number of benzene rings is 2. The molecule has 2 aromatic carbocycles. The zero-order valence-electron chi connectivity index (χ0n) is 16.6. The SMILES string of the molecule is Cc1cccc(COc2ccc(CNC(=O)CCC3CCNCC3)cc2)c1.Cl. The Balaban J connectivity index is 0.00000280. The van der Waals surface area contributed by atoms with Gasteiger partial charge in [0.2, 0.25) is 5.91 Å². The first-order valence-electron chi connectivity index (χ1n) is 9.94. The van der Waals surface area contributed by atoms with Gasteiger partial charge in [-0.05, 0) is 68.5 Å². The number of hydrogen-bond acceptors (Lipinski definition) is 3. The third-order valence-electron chi connectivity index (χ3n) is 5.14. The molecule has 3 rings (SSSR count). The predicted molar refractivity (Wildman–Crippen MR) is 116 cm³/mol. The van der Waals surface area contributed by atoms with Gasteiger partial charge in [-0.1, -0.05) is 42.0 Å². The maximum atomic E-state index is 12.1. The summed E-state index contributed by atoms with van der Waals surface area (Å²) in [6, 6.07) is 16.3. The highest BCUT2D eigenvalue weighted by Crippen LogP contribution is 2.18. The highest BCUT2D eigenvalue weighted by Gasteiger charge is 2.14. The van der Waals surface area contributed by atoms with Gasteiger partial charge in [0.05, 0.1) is 0 Å². The van der Waals surface area contributed by atoms with Gasteiger partial charge in [0, 0.05) is 13.0 Å². The van der Waals surface area contributed by atoms with Crippen molar-refractivity contribution in [2.24, 2.45) is 5.92 Å². The molecule has 1 aliphatic heterocycles. The zero-order chi connectivity index (χ0) is 18.9. The van der Waals surface area contributed by atoms with E-state index in [0.717, 1.165) is 30.8 Å². The van der Waals surface area contributed by atoms with Gasteiger partial charge < -0.3 is 15.4 Å². The van der Waals surface area contributed by atoms with E-state index in [1.54, 1.807) is 0 Å². The molecule has 2 N–H and O–H groups in total. The van der Waals surface area contributed by atoms with Gasteiger partial charge >= 0.3 is 0 Å². The van der Waals surface area contributed by atoms with E-state index in [1.165, 1.54) is 24.0 Å². The quantitative estimate of drug-likeness (QED) is 0.688. The molecule has 4 nitrogen and oxygen atoms in total. The van der Waals surface area contributed by atoms with E-state index in [-0.39, 0.29) is 18.3 Å². The van der Waals surface area contributed by atoms with E-state index in [4.69, 9.17) is 4.74 Å². The zero-order valence-corrected chi connectivity index (χ0v) is 17.4. The number of aryl methyl sites for hydroxylation is 1. The van der Waals surface area contributed by atoms with E-state index < -0.39 is 0 Å². The molecule has 152 valence electrons. The smallest absolute Gasteiger partial charge is 0.220 e. The molecular weight excluding hydrogens is 372 g/mol. The molecule has 1 amide bonds. The molecule has 1 heterocycles. The van der Waals surface area contributed by atoms with Crippen LogP contribution in [0.5, 0.6) is 5.75 Å². The summed E-state index contributed by atoms with van der Waals surface area (Å²) in [6.07, 6.45) is 4.01. The topological polar surface area (TPSA) is 50.4 Å². The standard InChI is InChI=1S/C23H30N2O2.ClH/c1-18-3-2-4-21(15-18)17-27-22-8-5-20(6-9-22)16-25-23(26)10-7-19-11-13-24-14-12-19;/h2-6,8-9,15,19,24H,7,10-14,16-17H2,1H3,(H,25,26);1H. The molecule has 28 heavy (non-hydrogen) atoms. The van der Waals surface area contributed by atoms with Gasteiger partial charge in [-0.25, -0.2) is 0 Å². The maximum absolute atomic E-state index is 12.1. The van der Waals surface area contributed by atoms with E-state index in [2.05, 4.69) is 35.8 Å². The molecular formula is C23H31ClN2O2. The highest BCUT2D eigenvalue weighted by molar-refractivity contribution is 5.85. The summed E-state index contributed by atoms with van der Waals surface area (Å²) in [5.41, 5.74) is 3.50. The Kier molecular flexibility index (Phi) is 9.32. The molecule has 0 aromatic heterocycles. The molecule has 1 aliphatic rings. The second-order valence-corrected chi connectivity index (χ2v) is 7.43. The number of piperidine rings is 1. The van der Waals surface area contributed by atoms with Crippen LogP contribution in [-0.4, -0.2) is 19.0 Å². The van der Waals surface area contributed by atoms with Gasteiger partial charge in [0.15, 0.2) is 0 Å². The van der Waals surface area contributed by atoms with Crippen molar-refractivity contribution in [2.75, 3.05) is 13.1 Å². The molecule has 0 bridgehead atoms. The number of ether oxygens (including phenoxy) is 1. The Bertz CT molecular complexity index is 728. The lowest BCUT2D eigenvalue weighted by Crippen LogP contribution is -2.29. The summed E-state index contributed by atoms with van der Waals surface area (Å²) < 4.78 is 5.84. The summed E-state index contributed by atoms with van der Waals surface area (Å²) in [5, 5.41) is 6.39. The molecule has 0 spiro atoms. The van der Waals surface area contributed by atoms with Crippen LogP contribution in [-0.2, 0) is 17.9 Å². The molecule has 2 aromatic rings. The van der Waals surface area contributed by atoms with E-state index >= 15 is 0 Å². The fraction of sp³-hybridized carbons (Fsp3) is 0.435. The number of carbonyl (C=O) groups excluding carboxylic acids is 1. The molecule has 0 aliphatic carbocycles. The summed E-state index contributed by atoms with van der Waals surface area (Å²) >= 11 is 0. The third-order valence-corrected chi connectivity index (χ3v) is 5.14. The molecule has 5 heteroatoms. The first-order valence-corrected chi connectivity index (χ1v) is 9.94. The second kappa shape index (κ2) is 11.7. The Hall–Kier alpha value is -2.04. The summed E-state index contributed by atoms with van der Waals surface area (Å²) in [4.78, 5) is 12.1. The number of nitrogens with one attached hydrogen (secondary N) is 2. The Morgan fingerprint density at radius 3 is 2.57 bits per heavy atom. The number of rotatable bonds is 8. The maximum Gasteiger partial charge on any atom is 0.220 e. The first kappa shape index (κ1) is 22.3. The van der Waals surface area contributed by atoms with Crippen LogP contribution in [0.25, 0.3) is 0 Å². The minimum atomic E-state index is 0. The lowest BCUT2D eigenvalue weighted by Gasteiger charge is -2.22. The average Bonchev–Trinajstić information content (AvgIpc) is 2.71. The van der Waals surface area contributed by atoms with Crippen molar-refractivity contribution >= 4 is 18.3 Å². The van der Waals surface area contributed by atoms with E-state index in [1.807, 2.05) is 30.3 Å². The van der Waals surface area contributed by atoms with Crippen LogP contribution in [0.2, 0.25) is 0 Å². The minimum absolute atomic E-state index is 0. The minimum Gasteiger partial charge on any atom is -0.489 e. The highest BCUT2D eigenvalue weighted by atomic mass is 35.5. The molecule has 0 saturated carbocycles. The number of amides is 1. The van der Waals surface area contributed by atoms with Gasteiger partial charge in [-0.2, -0.15) is 0 Å². The molecule has 1 saturated heterocycles. The first-order chi connectivity index (χ1) is 13.2. The van der Waals surface area contributed by atoms with Crippen molar-refractivity contribution < 1.29 is 9.53 Å². The van der Waals surface area contributed by atoms with Gasteiger partial charge in [0.1, 0.15) is 12.4 Å². The lowest BCUT2D eigenvalue weighted by atomic mass is 9.93. The van der Waals surface area contributed by atoms with Gasteiger partial charge in [0.25, 0.3) is 0 Å². The Morgan fingerprint density at radius 2 is 1.86 bits per heavy atom. The van der Waals surface area contributed by atoms with Crippen molar-refractivity contribution in [3.63, 3.8) is 0 Å². The van der Waals surface area contributed by atoms with E-state index in [0.29, 0.717) is 25.5 Å². The second-order valence-electron chi connectivity index (χ2n) is 7.43. The van der Waals surface area contributed by atoms with Crippen LogP contribution >= 0.6 is 12.4 Å². The summed E-state index contributed by atoms with van der Waals surface area (Å²) in [7, 11) is 0. The van der Waals surface area contributed by atoms with Crippen LogP contribution in [0.15, 0.2) is 48.5 Å². The number of carbonyl (C=O) groups is 1. The van der Waals surface area contributed by atoms with Crippen LogP contribution in [0.4, 0.5) is 0 Å². The normalized spacial score (nSPS) is 14.2. The monoisotopic (exact) mass is 402 g/mol. The average molecular weight is 403 g/mol. The molecule has 1 fully saturated rings. The Labute approximate surface area is 174 Å². The molecule has 0 radical (unpaired) electrons. The van der Waals surface area contributed by atoms with Gasteiger partial charge in [-0.15, -0.1) is 12.4 Å². The van der Waals surface area contributed by atoms with E-state index in [9.17, 15) is 4.79 Å². The van der Waals surface area contributed by atoms with Crippen LogP contribution in [0, 0.1) is 12.8 Å².